The molecule has 1 heterocycles. The summed E-state index contributed by atoms with van der Waals surface area (Å²) in [5.74, 6) is 0.638. The molecule has 1 aromatic carbocycles. The van der Waals surface area contributed by atoms with Crippen LogP contribution in [0, 0.1) is 23.0 Å². The third kappa shape index (κ3) is 4.26. The number of amides is 1. The Bertz CT molecular complexity index is 545. The van der Waals surface area contributed by atoms with Gasteiger partial charge in [0.25, 0.3) is 11.6 Å². The lowest BCUT2D eigenvalue weighted by atomic mass is 10.0. The molecule has 6 heteroatoms. The van der Waals surface area contributed by atoms with Gasteiger partial charge in [0.1, 0.15) is 0 Å². The summed E-state index contributed by atoms with van der Waals surface area (Å²) in [7, 11) is 0. The lowest BCUT2D eigenvalue weighted by molar-refractivity contribution is -0.900. The molecular formula is C15H22N3O3+. The van der Waals surface area contributed by atoms with Crippen LogP contribution in [0.5, 0.6) is 0 Å². The van der Waals surface area contributed by atoms with Gasteiger partial charge in [-0.05, 0) is 31.4 Å². The summed E-state index contributed by atoms with van der Waals surface area (Å²) in [6, 6.07) is 4.49. The summed E-state index contributed by atoms with van der Waals surface area (Å²) in [5.41, 5.74) is 1.40. The molecule has 1 saturated heterocycles. The van der Waals surface area contributed by atoms with E-state index in [1.165, 1.54) is 29.9 Å². The standard InChI is InChI=1S/C15H21N3O3/c1-11-4-3-7-17(9-11)10-15(19)16-14-6-5-13(18(20)21)8-12(14)2/h5-6,8,11H,3-4,7,9-10H2,1-2H3,(H,16,19)/p+1/t11-/m1/s1. The van der Waals surface area contributed by atoms with Gasteiger partial charge in [0.2, 0.25) is 0 Å². The monoisotopic (exact) mass is 292 g/mol. The van der Waals surface area contributed by atoms with E-state index in [0.717, 1.165) is 13.1 Å². The molecule has 2 N–H and O–H groups in total. The van der Waals surface area contributed by atoms with Gasteiger partial charge in [0.15, 0.2) is 6.54 Å². The number of carbonyl (C=O) groups is 1. The first-order valence-corrected chi connectivity index (χ1v) is 7.34. The summed E-state index contributed by atoms with van der Waals surface area (Å²) in [5, 5.41) is 13.6. The Labute approximate surface area is 124 Å². The molecule has 0 spiro atoms. The van der Waals surface area contributed by atoms with E-state index in [9.17, 15) is 14.9 Å². The van der Waals surface area contributed by atoms with Crippen molar-refractivity contribution >= 4 is 17.3 Å². The molecule has 1 aromatic rings. The third-order valence-electron chi connectivity index (χ3n) is 3.97. The van der Waals surface area contributed by atoms with E-state index in [2.05, 4.69) is 12.2 Å². The van der Waals surface area contributed by atoms with Crippen LogP contribution in [-0.4, -0.2) is 30.5 Å². The number of anilines is 1. The number of likely N-dealkylation sites (tertiary alicyclic amines) is 1. The van der Waals surface area contributed by atoms with E-state index in [1.807, 2.05) is 0 Å². The van der Waals surface area contributed by atoms with Crippen LogP contribution in [0.1, 0.15) is 25.3 Å². The number of piperidine rings is 1. The molecule has 21 heavy (non-hydrogen) atoms. The maximum absolute atomic E-state index is 12.1. The predicted molar refractivity (Wildman–Crippen MR) is 80.4 cm³/mol. The van der Waals surface area contributed by atoms with Crippen molar-refractivity contribution in [2.45, 2.75) is 26.7 Å². The normalized spacial score (nSPS) is 21.8. The molecular weight excluding hydrogens is 270 g/mol. The van der Waals surface area contributed by atoms with Crippen molar-refractivity contribution in [3.05, 3.63) is 33.9 Å². The van der Waals surface area contributed by atoms with E-state index >= 15 is 0 Å². The highest BCUT2D eigenvalue weighted by Crippen LogP contribution is 2.20. The Kier molecular flexibility index (Phi) is 4.90. The number of hydrogen-bond acceptors (Lipinski definition) is 3. The zero-order chi connectivity index (χ0) is 15.4. The maximum atomic E-state index is 12.1. The summed E-state index contributed by atoms with van der Waals surface area (Å²) in [6.45, 7) is 6.51. The van der Waals surface area contributed by atoms with E-state index in [-0.39, 0.29) is 11.6 Å². The number of non-ortho nitro benzene ring substituents is 1. The van der Waals surface area contributed by atoms with E-state index in [4.69, 9.17) is 0 Å². The summed E-state index contributed by atoms with van der Waals surface area (Å²) >= 11 is 0. The first kappa shape index (κ1) is 15.4. The van der Waals surface area contributed by atoms with Crippen LogP contribution in [0.15, 0.2) is 18.2 Å². The van der Waals surface area contributed by atoms with Crippen molar-refractivity contribution in [1.82, 2.24) is 0 Å². The quantitative estimate of drug-likeness (QED) is 0.646. The molecule has 0 radical (unpaired) electrons. The van der Waals surface area contributed by atoms with Crippen LogP contribution in [0.3, 0.4) is 0 Å². The summed E-state index contributed by atoms with van der Waals surface area (Å²) < 4.78 is 0. The molecule has 0 saturated carbocycles. The number of nitro groups is 1. The summed E-state index contributed by atoms with van der Waals surface area (Å²) in [4.78, 5) is 23.7. The lowest BCUT2D eigenvalue weighted by Gasteiger charge is -2.27. The van der Waals surface area contributed by atoms with Gasteiger partial charge in [0, 0.05) is 23.7 Å². The fraction of sp³-hybridized carbons (Fsp3) is 0.533. The Morgan fingerprint density at radius 1 is 1.52 bits per heavy atom. The number of rotatable bonds is 4. The van der Waals surface area contributed by atoms with Crippen molar-refractivity contribution in [2.24, 2.45) is 5.92 Å². The van der Waals surface area contributed by atoms with Crippen molar-refractivity contribution in [2.75, 3.05) is 25.0 Å². The second-order valence-electron chi connectivity index (χ2n) is 5.93. The molecule has 1 amide bonds. The summed E-state index contributed by atoms with van der Waals surface area (Å²) in [6.07, 6.45) is 2.41. The Hall–Kier alpha value is -1.95. The number of carbonyl (C=O) groups excluding carboxylic acids is 1. The minimum absolute atomic E-state index is 0.0314. The van der Waals surface area contributed by atoms with Gasteiger partial charge in [-0.2, -0.15) is 0 Å². The maximum Gasteiger partial charge on any atom is 0.279 e. The van der Waals surface area contributed by atoms with Crippen LogP contribution >= 0.6 is 0 Å². The fourth-order valence-corrected chi connectivity index (χ4v) is 2.88. The highest BCUT2D eigenvalue weighted by Gasteiger charge is 2.22. The molecule has 2 rings (SSSR count). The second-order valence-corrected chi connectivity index (χ2v) is 5.93. The largest absolute Gasteiger partial charge is 0.327 e. The van der Waals surface area contributed by atoms with Crippen molar-refractivity contribution in [3.63, 3.8) is 0 Å². The van der Waals surface area contributed by atoms with Gasteiger partial charge in [-0.25, -0.2) is 0 Å². The van der Waals surface area contributed by atoms with Crippen LogP contribution in [0.4, 0.5) is 11.4 Å². The topological polar surface area (TPSA) is 76.7 Å². The van der Waals surface area contributed by atoms with Crippen molar-refractivity contribution in [3.8, 4) is 0 Å². The van der Waals surface area contributed by atoms with E-state index in [0.29, 0.717) is 23.7 Å². The Balaban J connectivity index is 1.94. The van der Waals surface area contributed by atoms with Crippen LogP contribution in [0.25, 0.3) is 0 Å². The fourth-order valence-electron chi connectivity index (χ4n) is 2.88. The molecule has 0 aliphatic carbocycles. The molecule has 0 aromatic heterocycles. The number of nitrogens with one attached hydrogen (secondary N) is 2. The smallest absolute Gasteiger partial charge is 0.279 e. The predicted octanol–water partition coefficient (Wildman–Crippen LogP) is 1.16. The highest BCUT2D eigenvalue weighted by molar-refractivity contribution is 5.92. The van der Waals surface area contributed by atoms with Crippen LogP contribution in [-0.2, 0) is 4.79 Å². The number of quaternary nitrogens is 1. The molecule has 1 unspecified atom stereocenters. The zero-order valence-corrected chi connectivity index (χ0v) is 12.5. The minimum atomic E-state index is -0.433. The first-order chi connectivity index (χ1) is 9.95. The van der Waals surface area contributed by atoms with Crippen LogP contribution < -0.4 is 10.2 Å². The molecule has 0 bridgehead atoms. The van der Waals surface area contributed by atoms with Gasteiger partial charge in [-0.1, -0.05) is 6.92 Å². The molecule has 2 atom stereocenters. The SMILES string of the molecule is Cc1cc([N+](=O)[O-])ccc1NC(=O)C[NH+]1CCC[C@@H](C)C1. The van der Waals surface area contributed by atoms with Gasteiger partial charge in [-0.15, -0.1) is 0 Å². The molecule has 114 valence electrons. The number of nitrogens with zero attached hydrogens (tertiary/aromatic N) is 1. The third-order valence-corrected chi connectivity index (χ3v) is 3.97. The average Bonchev–Trinajstić information content (AvgIpc) is 2.40. The molecule has 1 aliphatic heterocycles. The van der Waals surface area contributed by atoms with E-state index < -0.39 is 4.92 Å². The second kappa shape index (κ2) is 6.67. The van der Waals surface area contributed by atoms with Gasteiger partial charge in [0.05, 0.1) is 18.0 Å². The number of hydrogen-bond donors (Lipinski definition) is 2. The highest BCUT2D eigenvalue weighted by atomic mass is 16.6. The number of aryl methyl sites for hydroxylation is 1. The lowest BCUT2D eigenvalue weighted by Crippen LogP contribution is -3.14. The van der Waals surface area contributed by atoms with Crippen molar-refractivity contribution < 1.29 is 14.6 Å². The first-order valence-electron chi connectivity index (χ1n) is 7.34. The van der Waals surface area contributed by atoms with Crippen molar-refractivity contribution in [1.29, 1.82) is 0 Å². The van der Waals surface area contributed by atoms with Gasteiger partial charge >= 0.3 is 0 Å². The molecule has 1 aliphatic rings. The minimum Gasteiger partial charge on any atom is -0.327 e. The van der Waals surface area contributed by atoms with E-state index in [1.54, 1.807) is 13.0 Å². The number of nitro benzene ring substituents is 1. The number of benzene rings is 1. The molecule has 1 fully saturated rings. The van der Waals surface area contributed by atoms with Gasteiger partial charge in [-0.3, -0.25) is 14.9 Å². The zero-order valence-electron chi connectivity index (χ0n) is 12.5. The Morgan fingerprint density at radius 3 is 2.90 bits per heavy atom. The van der Waals surface area contributed by atoms with Crippen LogP contribution in [0.2, 0.25) is 0 Å². The molecule has 6 nitrogen and oxygen atoms in total. The van der Waals surface area contributed by atoms with Gasteiger partial charge < -0.3 is 10.2 Å². The average molecular weight is 292 g/mol. The Morgan fingerprint density at radius 2 is 2.29 bits per heavy atom.